The summed E-state index contributed by atoms with van der Waals surface area (Å²) in [7, 11) is 1.47. The SMILES string of the molecule is COc1cccc(O)c1C(=O)N1CCC(=CC(=O)NC2CCN(Cc3ccc4cc(F)ccc4c3)C2)CC1.O=C(Cc1ccccc1)CC1CCN(Cc2ccc3cc(F)ccc3c2)CC1. The van der Waals surface area contributed by atoms with Gasteiger partial charge in [0.1, 0.15) is 34.5 Å². The second kappa shape index (κ2) is 21.7. The molecule has 0 aromatic heterocycles. The van der Waals surface area contributed by atoms with Crippen LogP contribution in [0.1, 0.15) is 65.6 Å². The molecule has 9 rings (SSSR count). The number of aromatic hydroxyl groups is 1. The summed E-state index contributed by atoms with van der Waals surface area (Å²) < 4.78 is 32.0. The number of fused-ring (bicyclic) bond motifs is 2. The number of nitrogens with one attached hydrogen (secondary N) is 1. The highest BCUT2D eigenvalue weighted by Crippen LogP contribution is 2.31. The molecule has 1 unspecified atom stereocenters. The molecule has 3 aliphatic heterocycles. The molecular weight excluding hydrogens is 835 g/mol. The first-order valence-corrected chi connectivity index (χ1v) is 23.1. The Hall–Kier alpha value is -6.43. The second-order valence-electron chi connectivity index (χ2n) is 18.0. The van der Waals surface area contributed by atoms with Crippen molar-refractivity contribution in [2.75, 3.05) is 46.4 Å². The first-order valence-electron chi connectivity index (χ1n) is 23.1. The first-order chi connectivity index (χ1) is 32.0. The summed E-state index contributed by atoms with van der Waals surface area (Å²) in [5.74, 6) is 0.317. The highest BCUT2D eigenvalue weighted by molar-refractivity contribution is 5.99. The third-order valence-corrected chi connectivity index (χ3v) is 13.1. The van der Waals surface area contributed by atoms with Gasteiger partial charge in [-0.05, 0) is 138 Å². The molecule has 0 bridgehead atoms. The first kappa shape index (κ1) is 46.1. The maximum Gasteiger partial charge on any atom is 0.261 e. The number of Topliss-reactive ketones (excluding diaryl/α,β-unsaturated/α-hetero) is 1. The Bertz CT molecular complexity index is 2690. The van der Waals surface area contributed by atoms with Crippen LogP contribution in [0.3, 0.4) is 0 Å². The molecule has 0 saturated carbocycles. The van der Waals surface area contributed by atoms with Crippen LogP contribution in [0.15, 0.2) is 133 Å². The summed E-state index contributed by atoms with van der Waals surface area (Å²) in [4.78, 5) is 44.5. The van der Waals surface area contributed by atoms with Crippen LogP contribution >= 0.6 is 0 Å². The molecule has 11 heteroatoms. The fourth-order valence-electron chi connectivity index (χ4n) is 9.54. The van der Waals surface area contributed by atoms with Crippen molar-refractivity contribution in [3.05, 3.63) is 167 Å². The normalized spacial score (nSPS) is 17.0. The molecule has 0 radical (unpaired) electrons. The molecule has 9 nitrogen and oxygen atoms in total. The van der Waals surface area contributed by atoms with Crippen molar-refractivity contribution in [3.63, 3.8) is 0 Å². The number of ketones is 1. The van der Waals surface area contributed by atoms with Crippen LogP contribution in [0.4, 0.5) is 8.78 Å². The van der Waals surface area contributed by atoms with E-state index in [4.69, 9.17) is 4.74 Å². The fraction of sp³-hybridized carbons (Fsp3) is 0.327. The Morgan fingerprint density at radius 2 is 1.27 bits per heavy atom. The predicted octanol–water partition coefficient (Wildman–Crippen LogP) is 9.64. The Balaban J connectivity index is 0.000000188. The number of carbonyl (C=O) groups excluding carboxylic acids is 3. The Morgan fingerprint density at radius 1 is 0.682 bits per heavy atom. The van der Waals surface area contributed by atoms with Gasteiger partial charge in [-0.3, -0.25) is 24.2 Å². The van der Waals surface area contributed by atoms with Gasteiger partial charge in [-0.2, -0.15) is 0 Å². The number of amides is 2. The van der Waals surface area contributed by atoms with Gasteiger partial charge in [0.05, 0.1) is 7.11 Å². The van der Waals surface area contributed by atoms with E-state index in [9.17, 15) is 28.3 Å². The standard InChI is InChI=1S/C30H32FN3O4.C25H26FNO/c1-38-27-4-2-3-26(35)29(27)30(37)34-13-9-20(10-14-34)16-28(36)32-25-11-12-33(19-25)18-21-5-6-23-17-24(31)8-7-22(23)15-21;26-24-9-8-22-14-21(6-7-23(22)17-24)18-27-12-10-20(11-13-27)16-25(28)15-19-4-2-1-3-5-19/h2-8,15-17,25,35H,9-14,18-19H2,1H3,(H,32,36);1-9,14,17,20H,10-13,15-16,18H2. The lowest BCUT2D eigenvalue weighted by atomic mass is 9.90. The van der Waals surface area contributed by atoms with E-state index in [0.29, 0.717) is 56.2 Å². The Kier molecular flexibility index (Phi) is 15.2. The van der Waals surface area contributed by atoms with E-state index in [1.807, 2.05) is 54.6 Å². The van der Waals surface area contributed by atoms with E-state index >= 15 is 0 Å². The lowest BCUT2D eigenvalue weighted by molar-refractivity contribution is -0.119. The number of benzene rings is 6. The molecule has 0 spiro atoms. The minimum absolute atomic E-state index is 0.0871. The summed E-state index contributed by atoms with van der Waals surface area (Å²) in [6.07, 6.45) is 7.20. The van der Waals surface area contributed by atoms with Crippen molar-refractivity contribution in [3.8, 4) is 11.5 Å². The summed E-state index contributed by atoms with van der Waals surface area (Å²) >= 11 is 0. The van der Waals surface area contributed by atoms with Crippen LogP contribution in [-0.2, 0) is 29.1 Å². The predicted molar refractivity (Wildman–Crippen MR) is 255 cm³/mol. The number of hydrogen-bond acceptors (Lipinski definition) is 7. The zero-order valence-electron chi connectivity index (χ0n) is 37.6. The second-order valence-corrected chi connectivity index (χ2v) is 18.0. The van der Waals surface area contributed by atoms with E-state index < -0.39 is 0 Å². The van der Waals surface area contributed by atoms with Gasteiger partial charge < -0.3 is 20.1 Å². The molecule has 1 atom stereocenters. The lowest BCUT2D eigenvalue weighted by Gasteiger charge is -2.31. The summed E-state index contributed by atoms with van der Waals surface area (Å²) in [6, 6.07) is 37.0. The molecule has 3 saturated heterocycles. The van der Waals surface area contributed by atoms with E-state index in [1.54, 1.807) is 41.3 Å². The van der Waals surface area contributed by atoms with Gasteiger partial charge in [0.15, 0.2) is 0 Å². The average Bonchev–Trinajstić information content (AvgIpc) is 3.76. The van der Waals surface area contributed by atoms with E-state index in [2.05, 4.69) is 33.3 Å². The highest BCUT2D eigenvalue weighted by atomic mass is 19.1. The topological polar surface area (TPSA) is 102 Å². The van der Waals surface area contributed by atoms with Gasteiger partial charge in [-0.25, -0.2) is 8.78 Å². The van der Waals surface area contributed by atoms with E-state index in [1.165, 1.54) is 36.4 Å². The molecule has 3 aliphatic rings. The number of phenols is 1. The quantitative estimate of drug-likeness (QED) is 0.118. The Labute approximate surface area is 385 Å². The summed E-state index contributed by atoms with van der Waals surface area (Å²) in [5, 5.41) is 17.2. The number of methoxy groups -OCH3 is 1. The number of carbonyl (C=O) groups is 3. The van der Waals surface area contributed by atoms with Crippen LogP contribution in [0.2, 0.25) is 0 Å². The molecule has 6 aromatic rings. The molecule has 66 heavy (non-hydrogen) atoms. The van der Waals surface area contributed by atoms with Gasteiger partial charge in [0.25, 0.3) is 5.91 Å². The maximum atomic E-state index is 13.4. The van der Waals surface area contributed by atoms with Crippen molar-refractivity contribution < 1.29 is 33.0 Å². The van der Waals surface area contributed by atoms with Gasteiger partial charge in [0, 0.05) is 64.2 Å². The van der Waals surface area contributed by atoms with E-state index in [-0.39, 0.29) is 40.8 Å². The van der Waals surface area contributed by atoms with Crippen LogP contribution in [0.25, 0.3) is 21.5 Å². The monoisotopic (exact) mass is 892 g/mol. The third kappa shape index (κ3) is 12.3. The average molecular weight is 893 g/mol. The van der Waals surface area contributed by atoms with Crippen LogP contribution in [0, 0.1) is 17.6 Å². The van der Waals surface area contributed by atoms with Gasteiger partial charge >= 0.3 is 0 Å². The van der Waals surface area contributed by atoms with Crippen molar-refractivity contribution in [1.82, 2.24) is 20.0 Å². The Morgan fingerprint density at radius 3 is 1.91 bits per heavy atom. The van der Waals surface area contributed by atoms with Crippen LogP contribution in [0.5, 0.6) is 11.5 Å². The van der Waals surface area contributed by atoms with E-state index in [0.717, 1.165) is 91.2 Å². The molecule has 3 fully saturated rings. The van der Waals surface area contributed by atoms with Crippen molar-refractivity contribution >= 4 is 39.1 Å². The largest absolute Gasteiger partial charge is 0.507 e. The molecule has 6 aromatic carbocycles. The van der Waals surface area contributed by atoms with Crippen molar-refractivity contribution in [1.29, 1.82) is 0 Å². The van der Waals surface area contributed by atoms with Crippen molar-refractivity contribution in [2.45, 2.75) is 64.1 Å². The molecule has 342 valence electrons. The van der Waals surface area contributed by atoms with Gasteiger partial charge in [-0.15, -0.1) is 0 Å². The number of ether oxygens (including phenoxy) is 1. The number of phenolic OH excluding ortho intramolecular Hbond substituents is 1. The zero-order chi connectivity index (χ0) is 46.0. The van der Waals surface area contributed by atoms with Crippen LogP contribution in [-0.4, -0.2) is 89.8 Å². The maximum absolute atomic E-state index is 13.4. The van der Waals surface area contributed by atoms with Gasteiger partial charge in [0.2, 0.25) is 5.91 Å². The van der Waals surface area contributed by atoms with Crippen molar-refractivity contribution in [2.24, 2.45) is 5.92 Å². The number of hydrogen-bond donors (Lipinski definition) is 2. The summed E-state index contributed by atoms with van der Waals surface area (Å²) in [6.45, 7) is 6.40. The molecule has 3 heterocycles. The molecule has 0 aliphatic carbocycles. The highest BCUT2D eigenvalue weighted by Gasteiger charge is 2.27. The number of likely N-dealkylation sites (tertiary alicyclic amines) is 3. The molecule has 2 N–H and O–H groups in total. The number of halogens is 2. The number of rotatable bonds is 12. The third-order valence-electron chi connectivity index (χ3n) is 13.1. The zero-order valence-corrected chi connectivity index (χ0v) is 37.6. The van der Waals surface area contributed by atoms with Crippen LogP contribution < -0.4 is 10.1 Å². The summed E-state index contributed by atoms with van der Waals surface area (Å²) in [5.41, 5.74) is 4.72. The molecular formula is C55H58F2N4O5. The lowest BCUT2D eigenvalue weighted by Crippen LogP contribution is -2.38. The van der Waals surface area contributed by atoms with Gasteiger partial charge in [-0.1, -0.05) is 78.4 Å². The fourth-order valence-corrected chi connectivity index (χ4v) is 9.54. The number of piperidine rings is 2. The number of nitrogens with zero attached hydrogens (tertiary/aromatic N) is 3. The minimum Gasteiger partial charge on any atom is -0.507 e. The minimum atomic E-state index is -0.270. The molecule has 2 amide bonds. The smallest absolute Gasteiger partial charge is 0.261 e.